The fourth-order valence-electron chi connectivity index (χ4n) is 2.92. The van der Waals surface area contributed by atoms with Gasteiger partial charge in [-0.15, -0.1) is 0 Å². The highest BCUT2D eigenvalue weighted by atomic mass is 16.3. The van der Waals surface area contributed by atoms with E-state index in [0.29, 0.717) is 25.4 Å². The van der Waals surface area contributed by atoms with E-state index in [-0.39, 0.29) is 11.9 Å². The summed E-state index contributed by atoms with van der Waals surface area (Å²) in [7, 11) is 0. The number of carbonyl (C=O) groups excluding carboxylic acids is 1. The summed E-state index contributed by atoms with van der Waals surface area (Å²) in [5, 5.41) is 12.1. The van der Waals surface area contributed by atoms with E-state index in [1.54, 1.807) is 0 Å². The number of amides is 1. The number of likely N-dealkylation sites (tertiary alicyclic amines) is 1. The Morgan fingerprint density at radius 3 is 2.83 bits per heavy atom. The summed E-state index contributed by atoms with van der Waals surface area (Å²) in [4.78, 5) is 14.3. The minimum Gasteiger partial charge on any atom is -0.396 e. The summed E-state index contributed by atoms with van der Waals surface area (Å²) in [5.41, 5.74) is 7.74. The van der Waals surface area contributed by atoms with Crippen LogP contribution in [0.25, 0.3) is 0 Å². The van der Waals surface area contributed by atoms with Gasteiger partial charge in [-0.05, 0) is 62.9 Å². The quantitative estimate of drug-likeness (QED) is 0.718. The van der Waals surface area contributed by atoms with Gasteiger partial charge in [0.15, 0.2) is 0 Å². The molecule has 4 N–H and O–H groups in total. The number of carbonyl (C=O) groups is 1. The first kappa shape index (κ1) is 17.9. The van der Waals surface area contributed by atoms with Gasteiger partial charge >= 0.3 is 0 Å². The Hall–Kier alpha value is -1.43. The maximum absolute atomic E-state index is 11.9. The van der Waals surface area contributed by atoms with Crippen molar-refractivity contribution in [2.45, 2.75) is 45.2 Å². The van der Waals surface area contributed by atoms with Crippen LogP contribution in [0.15, 0.2) is 24.3 Å². The van der Waals surface area contributed by atoms with Crippen LogP contribution < -0.4 is 11.1 Å². The van der Waals surface area contributed by atoms with E-state index < -0.39 is 0 Å². The van der Waals surface area contributed by atoms with Gasteiger partial charge in [-0.3, -0.25) is 9.69 Å². The van der Waals surface area contributed by atoms with Crippen molar-refractivity contribution in [3.05, 3.63) is 29.8 Å². The van der Waals surface area contributed by atoms with E-state index in [1.807, 2.05) is 25.1 Å². The fraction of sp³-hybridized carbons (Fsp3) is 0.611. The maximum Gasteiger partial charge on any atom is 0.224 e. The molecule has 0 aliphatic carbocycles. The number of hydrogen-bond donors (Lipinski definition) is 3. The molecule has 0 spiro atoms. The maximum atomic E-state index is 11.9. The van der Waals surface area contributed by atoms with Gasteiger partial charge in [0.1, 0.15) is 0 Å². The molecular formula is C18H29N3O2. The second-order valence-electron chi connectivity index (χ2n) is 6.67. The van der Waals surface area contributed by atoms with Crippen molar-refractivity contribution in [2.24, 2.45) is 11.7 Å². The summed E-state index contributed by atoms with van der Waals surface area (Å²) in [6.07, 6.45) is 3.27. The third-order valence-electron chi connectivity index (χ3n) is 4.41. The Kier molecular flexibility index (Phi) is 7.02. The lowest BCUT2D eigenvalue weighted by atomic mass is 9.97. The van der Waals surface area contributed by atoms with Crippen LogP contribution in [0.4, 0.5) is 5.69 Å². The first-order valence-corrected chi connectivity index (χ1v) is 8.54. The van der Waals surface area contributed by atoms with Crippen molar-refractivity contribution < 1.29 is 9.90 Å². The van der Waals surface area contributed by atoms with Gasteiger partial charge in [0.2, 0.25) is 5.91 Å². The molecule has 1 aromatic carbocycles. The first-order chi connectivity index (χ1) is 11.1. The Balaban J connectivity index is 1.83. The van der Waals surface area contributed by atoms with Crippen molar-refractivity contribution in [3.63, 3.8) is 0 Å². The molecule has 128 valence electrons. The van der Waals surface area contributed by atoms with Gasteiger partial charge < -0.3 is 16.2 Å². The highest BCUT2D eigenvalue weighted by molar-refractivity contribution is 5.90. The SMILES string of the molecule is CC(N)CCC(=O)Nc1cccc(CN2CCC(CO)CC2)c1. The van der Waals surface area contributed by atoms with Gasteiger partial charge in [-0.25, -0.2) is 0 Å². The Bertz CT molecular complexity index is 497. The zero-order chi connectivity index (χ0) is 16.7. The Morgan fingerprint density at radius 2 is 2.17 bits per heavy atom. The normalized spacial score (nSPS) is 17.9. The monoisotopic (exact) mass is 319 g/mol. The average molecular weight is 319 g/mol. The summed E-state index contributed by atoms with van der Waals surface area (Å²) in [6.45, 7) is 5.15. The molecule has 0 radical (unpaired) electrons. The predicted octanol–water partition coefficient (Wildman–Crippen LogP) is 1.96. The van der Waals surface area contributed by atoms with Crippen molar-refractivity contribution in [1.82, 2.24) is 4.90 Å². The first-order valence-electron chi connectivity index (χ1n) is 8.54. The number of anilines is 1. The minimum atomic E-state index is 0.0169. The second kappa shape index (κ2) is 9.01. The van der Waals surface area contributed by atoms with Gasteiger partial charge in [0, 0.05) is 31.3 Å². The molecule has 1 atom stereocenters. The zero-order valence-electron chi connectivity index (χ0n) is 14.0. The number of aliphatic hydroxyl groups is 1. The van der Waals surface area contributed by atoms with Gasteiger partial charge in [0.25, 0.3) is 0 Å². The summed E-state index contributed by atoms with van der Waals surface area (Å²) >= 11 is 0. The largest absolute Gasteiger partial charge is 0.396 e. The van der Waals surface area contributed by atoms with Crippen LogP contribution in [0.1, 0.15) is 38.2 Å². The topological polar surface area (TPSA) is 78.6 Å². The molecule has 1 saturated heterocycles. The zero-order valence-corrected chi connectivity index (χ0v) is 14.0. The summed E-state index contributed by atoms with van der Waals surface area (Å²) in [6, 6.07) is 8.09. The van der Waals surface area contributed by atoms with E-state index in [9.17, 15) is 9.90 Å². The molecule has 5 heteroatoms. The van der Waals surface area contributed by atoms with Crippen molar-refractivity contribution in [2.75, 3.05) is 25.0 Å². The molecule has 1 aliphatic heterocycles. The molecule has 23 heavy (non-hydrogen) atoms. The van der Waals surface area contributed by atoms with E-state index in [0.717, 1.165) is 38.2 Å². The van der Waals surface area contributed by atoms with E-state index in [1.165, 1.54) is 5.56 Å². The molecule has 1 amide bonds. The molecule has 1 aliphatic rings. The highest BCUT2D eigenvalue weighted by Crippen LogP contribution is 2.19. The second-order valence-corrected chi connectivity index (χ2v) is 6.67. The van der Waals surface area contributed by atoms with Gasteiger partial charge in [-0.1, -0.05) is 12.1 Å². The molecule has 0 aromatic heterocycles. The number of piperidine rings is 1. The summed E-state index contributed by atoms with van der Waals surface area (Å²) < 4.78 is 0. The van der Waals surface area contributed by atoms with Crippen LogP contribution in [0.5, 0.6) is 0 Å². The summed E-state index contributed by atoms with van der Waals surface area (Å²) in [5.74, 6) is 0.477. The van der Waals surface area contributed by atoms with E-state index in [2.05, 4.69) is 16.3 Å². The lowest BCUT2D eigenvalue weighted by Gasteiger charge is -2.31. The number of nitrogens with two attached hydrogens (primary N) is 1. The Labute approximate surface area is 138 Å². The third-order valence-corrected chi connectivity index (χ3v) is 4.41. The molecule has 0 saturated carbocycles. The van der Waals surface area contributed by atoms with Crippen molar-refractivity contribution in [1.29, 1.82) is 0 Å². The molecule has 2 rings (SSSR count). The molecular weight excluding hydrogens is 290 g/mol. The van der Waals surface area contributed by atoms with Crippen LogP contribution in [0, 0.1) is 5.92 Å². The smallest absolute Gasteiger partial charge is 0.224 e. The van der Waals surface area contributed by atoms with Crippen LogP contribution in [0.3, 0.4) is 0 Å². The number of hydrogen-bond acceptors (Lipinski definition) is 4. The molecule has 1 unspecified atom stereocenters. The van der Waals surface area contributed by atoms with Gasteiger partial charge in [0.05, 0.1) is 0 Å². The number of rotatable bonds is 7. The molecule has 1 aromatic rings. The lowest BCUT2D eigenvalue weighted by Crippen LogP contribution is -2.34. The number of benzene rings is 1. The number of nitrogens with zero attached hydrogens (tertiary/aromatic N) is 1. The van der Waals surface area contributed by atoms with E-state index >= 15 is 0 Å². The third kappa shape index (κ3) is 6.29. The molecule has 0 bridgehead atoms. The fourth-order valence-corrected chi connectivity index (χ4v) is 2.92. The van der Waals surface area contributed by atoms with Crippen LogP contribution >= 0.6 is 0 Å². The molecule has 1 fully saturated rings. The average Bonchev–Trinajstić information content (AvgIpc) is 2.54. The number of aliphatic hydroxyl groups excluding tert-OH is 1. The van der Waals surface area contributed by atoms with Crippen molar-refractivity contribution >= 4 is 11.6 Å². The minimum absolute atomic E-state index is 0.0169. The van der Waals surface area contributed by atoms with Crippen LogP contribution in [-0.2, 0) is 11.3 Å². The van der Waals surface area contributed by atoms with Crippen LogP contribution in [0.2, 0.25) is 0 Å². The van der Waals surface area contributed by atoms with Crippen molar-refractivity contribution in [3.8, 4) is 0 Å². The van der Waals surface area contributed by atoms with E-state index in [4.69, 9.17) is 5.73 Å². The predicted molar refractivity (Wildman–Crippen MR) is 93.0 cm³/mol. The standard InChI is InChI=1S/C18H29N3O2/c1-14(19)5-6-18(23)20-17-4-2-3-16(11-17)12-21-9-7-15(13-22)8-10-21/h2-4,11,14-15,22H,5-10,12-13,19H2,1H3,(H,20,23). The van der Waals surface area contributed by atoms with Gasteiger partial charge in [-0.2, -0.15) is 0 Å². The number of nitrogens with one attached hydrogen (secondary N) is 1. The van der Waals surface area contributed by atoms with Crippen LogP contribution in [-0.4, -0.2) is 41.7 Å². The lowest BCUT2D eigenvalue weighted by molar-refractivity contribution is -0.116. The highest BCUT2D eigenvalue weighted by Gasteiger charge is 2.18. The molecule has 1 heterocycles. The Morgan fingerprint density at radius 1 is 1.43 bits per heavy atom. The molecule has 5 nitrogen and oxygen atoms in total.